The molecule has 0 fully saturated rings. The highest BCUT2D eigenvalue weighted by atomic mass is 35.5. The fourth-order valence-corrected chi connectivity index (χ4v) is 2.46. The second kappa shape index (κ2) is 7.56. The maximum Gasteiger partial charge on any atom is 0.319 e. The molecule has 0 aliphatic carbocycles. The molecule has 0 N–H and O–H groups in total. The number of carbonyl (C=O) groups is 1. The summed E-state index contributed by atoms with van der Waals surface area (Å²) >= 11 is 7.18. The third-order valence-electron chi connectivity index (χ3n) is 2.25. The van der Waals surface area contributed by atoms with Crippen LogP contribution in [0.2, 0.25) is 5.02 Å². The van der Waals surface area contributed by atoms with Gasteiger partial charge in [-0.2, -0.15) is 0 Å². The van der Waals surface area contributed by atoms with Gasteiger partial charge >= 0.3 is 5.97 Å². The second-order valence-corrected chi connectivity index (χ2v) is 5.25. The molecule has 1 rings (SSSR count). The van der Waals surface area contributed by atoms with E-state index in [1.54, 1.807) is 12.3 Å². The predicted molar refractivity (Wildman–Crippen MR) is 70.4 cm³/mol. The van der Waals surface area contributed by atoms with Gasteiger partial charge in [-0.3, -0.25) is 4.79 Å². The molecule has 0 aliphatic rings. The van der Waals surface area contributed by atoms with Gasteiger partial charge in [0.2, 0.25) is 0 Å². The first-order valence-electron chi connectivity index (χ1n) is 5.53. The van der Waals surface area contributed by atoms with E-state index in [9.17, 15) is 4.79 Å². The fraction of sp³-hybridized carbons (Fsp3) is 0.500. The van der Waals surface area contributed by atoms with Gasteiger partial charge < -0.3 is 4.74 Å². The molecule has 0 saturated heterocycles. The lowest BCUT2D eigenvalue weighted by Gasteiger charge is -2.13. The maximum atomic E-state index is 11.6. The number of unbranched alkanes of at least 4 members (excludes halogenated alkanes) is 1. The van der Waals surface area contributed by atoms with Crippen LogP contribution in [0.25, 0.3) is 0 Å². The molecule has 1 aromatic heterocycles. The summed E-state index contributed by atoms with van der Waals surface area (Å²) in [7, 11) is 1.41. The maximum absolute atomic E-state index is 11.6. The molecule has 0 saturated carbocycles. The molecule has 0 radical (unpaired) electrons. The molecule has 1 atom stereocenters. The Balaban J connectivity index is 2.64. The first kappa shape index (κ1) is 14.3. The van der Waals surface area contributed by atoms with E-state index in [1.165, 1.54) is 18.9 Å². The first-order chi connectivity index (χ1) is 8.17. The number of ether oxygens (including phenoxy) is 1. The second-order valence-electron chi connectivity index (χ2n) is 3.59. The summed E-state index contributed by atoms with van der Waals surface area (Å²) in [6, 6.07) is 3.58. The standard InChI is InChI=1S/C12H16ClNO2S/c1-3-4-5-10(12(15)16-2)17-11-7-6-9(13)8-14-11/h6-8,10H,3-5H2,1-2H3. The number of pyridine rings is 1. The van der Waals surface area contributed by atoms with Crippen molar-refractivity contribution >= 4 is 29.3 Å². The SMILES string of the molecule is CCCCC(Sc1ccc(Cl)cn1)C(=O)OC. The molecule has 5 heteroatoms. The van der Waals surface area contributed by atoms with Crippen molar-refractivity contribution in [1.82, 2.24) is 4.98 Å². The Kier molecular flexibility index (Phi) is 6.37. The number of hydrogen-bond acceptors (Lipinski definition) is 4. The Morgan fingerprint density at radius 2 is 2.35 bits per heavy atom. The highest BCUT2D eigenvalue weighted by Gasteiger charge is 2.20. The van der Waals surface area contributed by atoms with Gasteiger partial charge in [-0.15, -0.1) is 0 Å². The van der Waals surface area contributed by atoms with Gasteiger partial charge in [0.05, 0.1) is 17.2 Å². The lowest BCUT2D eigenvalue weighted by Crippen LogP contribution is -2.18. The molecule has 1 aromatic rings. The summed E-state index contributed by atoms with van der Waals surface area (Å²) in [5, 5.41) is 1.20. The van der Waals surface area contributed by atoms with E-state index >= 15 is 0 Å². The minimum atomic E-state index is -0.194. The Morgan fingerprint density at radius 3 is 2.88 bits per heavy atom. The van der Waals surface area contributed by atoms with Crippen LogP contribution in [0.5, 0.6) is 0 Å². The lowest BCUT2D eigenvalue weighted by molar-refractivity contribution is -0.140. The summed E-state index contributed by atoms with van der Waals surface area (Å²) in [6.45, 7) is 2.10. The van der Waals surface area contributed by atoms with E-state index in [0.717, 1.165) is 24.3 Å². The number of halogens is 1. The zero-order valence-corrected chi connectivity index (χ0v) is 11.6. The smallest absolute Gasteiger partial charge is 0.319 e. The van der Waals surface area contributed by atoms with Crippen LogP contribution in [0.4, 0.5) is 0 Å². The average Bonchev–Trinajstić information content (AvgIpc) is 2.36. The van der Waals surface area contributed by atoms with Crippen molar-refractivity contribution in [3.05, 3.63) is 23.4 Å². The normalized spacial score (nSPS) is 12.2. The van der Waals surface area contributed by atoms with Gasteiger partial charge in [0.1, 0.15) is 5.25 Å². The predicted octanol–water partition coefficient (Wildman–Crippen LogP) is 3.56. The van der Waals surface area contributed by atoms with E-state index < -0.39 is 0 Å². The molecule has 1 unspecified atom stereocenters. The van der Waals surface area contributed by atoms with Crippen LogP contribution >= 0.6 is 23.4 Å². The van der Waals surface area contributed by atoms with Crippen LogP contribution < -0.4 is 0 Å². The molecule has 0 amide bonds. The Bertz CT molecular complexity index is 356. The van der Waals surface area contributed by atoms with Crippen molar-refractivity contribution in [2.75, 3.05) is 7.11 Å². The Hall–Kier alpha value is -0.740. The van der Waals surface area contributed by atoms with Crippen LogP contribution in [0, 0.1) is 0 Å². The topological polar surface area (TPSA) is 39.2 Å². The molecule has 0 aromatic carbocycles. The highest BCUT2D eigenvalue weighted by molar-refractivity contribution is 8.00. The molecule has 3 nitrogen and oxygen atoms in total. The van der Waals surface area contributed by atoms with Gasteiger partial charge in [-0.1, -0.05) is 43.1 Å². The molecule has 0 aliphatic heterocycles. The number of rotatable bonds is 6. The van der Waals surface area contributed by atoms with E-state index in [-0.39, 0.29) is 11.2 Å². The van der Waals surface area contributed by atoms with Gasteiger partial charge in [0.15, 0.2) is 0 Å². The minimum Gasteiger partial charge on any atom is -0.468 e. The molecule has 0 spiro atoms. The largest absolute Gasteiger partial charge is 0.468 e. The van der Waals surface area contributed by atoms with Crippen molar-refractivity contribution in [3.63, 3.8) is 0 Å². The number of methoxy groups -OCH3 is 1. The summed E-state index contributed by atoms with van der Waals surface area (Å²) in [6.07, 6.45) is 4.44. The summed E-state index contributed by atoms with van der Waals surface area (Å²) in [5.74, 6) is -0.194. The van der Waals surface area contributed by atoms with Crippen molar-refractivity contribution in [1.29, 1.82) is 0 Å². The van der Waals surface area contributed by atoms with Gasteiger partial charge in [-0.25, -0.2) is 4.98 Å². The number of aromatic nitrogens is 1. The first-order valence-corrected chi connectivity index (χ1v) is 6.79. The fourth-order valence-electron chi connectivity index (χ4n) is 1.32. The van der Waals surface area contributed by atoms with E-state index in [4.69, 9.17) is 16.3 Å². The molecule has 1 heterocycles. The number of nitrogens with zero attached hydrogens (tertiary/aromatic N) is 1. The minimum absolute atomic E-state index is 0.186. The Labute approximate surface area is 111 Å². The number of hydrogen-bond donors (Lipinski definition) is 0. The number of esters is 1. The highest BCUT2D eigenvalue weighted by Crippen LogP contribution is 2.26. The van der Waals surface area contributed by atoms with Crippen molar-refractivity contribution < 1.29 is 9.53 Å². The van der Waals surface area contributed by atoms with Crippen molar-refractivity contribution in [3.8, 4) is 0 Å². The van der Waals surface area contributed by atoms with Gasteiger partial charge in [0.25, 0.3) is 0 Å². The molecular formula is C12H16ClNO2S. The molecule has 17 heavy (non-hydrogen) atoms. The average molecular weight is 274 g/mol. The zero-order chi connectivity index (χ0) is 12.7. The van der Waals surface area contributed by atoms with Crippen LogP contribution in [0.1, 0.15) is 26.2 Å². The third kappa shape index (κ3) is 4.96. The van der Waals surface area contributed by atoms with E-state index in [0.29, 0.717) is 5.02 Å². The lowest BCUT2D eigenvalue weighted by atomic mass is 10.2. The van der Waals surface area contributed by atoms with Crippen LogP contribution in [0.3, 0.4) is 0 Å². The third-order valence-corrected chi connectivity index (χ3v) is 3.67. The van der Waals surface area contributed by atoms with E-state index in [1.807, 2.05) is 6.07 Å². The molecule has 0 bridgehead atoms. The zero-order valence-electron chi connectivity index (χ0n) is 9.98. The van der Waals surface area contributed by atoms with Crippen molar-refractivity contribution in [2.24, 2.45) is 0 Å². The quantitative estimate of drug-likeness (QED) is 0.587. The van der Waals surface area contributed by atoms with Crippen LogP contribution in [-0.2, 0) is 9.53 Å². The summed E-state index contributed by atoms with van der Waals surface area (Å²) in [4.78, 5) is 15.8. The van der Waals surface area contributed by atoms with E-state index in [2.05, 4.69) is 11.9 Å². The molecule has 94 valence electrons. The number of thioether (sulfide) groups is 1. The monoisotopic (exact) mass is 273 g/mol. The van der Waals surface area contributed by atoms with Crippen LogP contribution in [-0.4, -0.2) is 23.3 Å². The van der Waals surface area contributed by atoms with Gasteiger partial charge in [0, 0.05) is 6.20 Å². The molecular weight excluding hydrogens is 258 g/mol. The number of carbonyl (C=O) groups excluding carboxylic acids is 1. The Morgan fingerprint density at radius 1 is 1.59 bits per heavy atom. The summed E-state index contributed by atoms with van der Waals surface area (Å²) in [5.41, 5.74) is 0. The summed E-state index contributed by atoms with van der Waals surface area (Å²) < 4.78 is 4.79. The van der Waals surface area contributed by atoms with Crippen LogP contribution in [0.15, 0.2) is 23.4 Å². The van der Waals surface area contributed by atoms with Gasteiger partial charge in [-0.05, 0) is 18.6 Å². The van der Waals surface area contributed by atoms with Crippen molar-refractivity contribution in [2.45, 2.75) is 36.5 Å².